The number of benzene rings is 1. The van der Waals surface area contributed by atoms with Gasteiger partial charge in [-0.3, -0.25) is 0 Å². The van der Waals surface area contributed by atoms with Gasteiger partial charge in [0.15, 0.2) is 11.5 Å². The van der Waals surface area contributed by atoms with Crippen LogP contribution in [0.5, 0.6) is 11.5 Å². The number of fused-ring (bicyclic) bond motifs is 1. The van der Waals surface area contributed by atoms with Gasteiger partial charge in [0.25, 0.3) is 0 Å². The maximum Gasteiger partial charge on any atom is 0.161 e. The van der Waals surface area contributed by atoms with Crippen molar-refractivity contribution in [1.29, 1.82) is 0 Å². The maximum absolute atomic E-state index is 5.44. The average Bonchev–Trinajstić information content (AvgIpc) is 3.50. The van der Waals surface area contributed by atoms with Crippen LogP contribution >= 0.6 is 0 Å². The third-order valence-corrected chi connectivity index (χ3v) is 4.84. The quantitative estimate of drug-likeness (QED) is 0.859. The minimum atomic E-state index is 0.695. The number of anilines is 1. The Labute approximate surface area is 153 Å². The van der Waals surface area contributed by atoms with Crippen LogP contribution in [0.1, 0.15) is 18.4 Å². The molecule has 2 heterocycles. The first-order valence-electron chi connectivity index (χ1n) is 8.92. The fourth-order valence-electron chi connectivity index (χ4n) is 3.13. The van der Waals surface area contributed by atoms with Crippen LogP contribution in [0.4, 0.5) is 11.5 Å². The molecule has 1 saturated carbocycles. The lowest BCUT2D eigenvalue weighted by atomic mass is 10.1. The number of hydrogen-bond acceptors (Lipinski definition) is 6. The Bertz CT molecular complexity index is 846. The van der Waals surface area contributed by atoms with E-state index in [9.17, 15) is 0 Å². The zero-order chi connectivity index (χ0) is 18.1. The van der Waals surface area contributed by atoms with Crippen LogP contribution in [0.25, 0.3) is 11.3 Å². The van der Waals surface area contributed by atoms with Crippen molar-refractivity contribution in [2.45, 2.75) is 19.4 Å². The molecule has 0 radical (unpaired) electrons. The van der Waals surface area contributed by atoms with Crippen LogP contribution in [0, 0.1) is 5.92 Å². The van der Waals surface area contributed by atoms with Gasteiger partial charge in [0.1, 0.15) is 5.82 Å². The minimum absolute atomic E-state index is 0.695. The second kappa shape index (κ2) is 6.86. The predicted octanol–water partition coefficient (Wildman–Crippen LogP) is 3.69. The largest absolute Gasteiger partial charge is 0.493 e. The van der Waals surface area contributed by atoms with Crippen molar-refractivity contribution in [3.05, 3.63) is 29.8 Å². The molecule has 26 heavy (non-hydrogen) atoms. The molecule has 1 aliphatic heterocycles. The molecule has 1 fully saturated rings. The van der Waals surface area contributed by atoms with E-state index in [0.29, 0.717) is 11.5 Å². The number of rotatable bonds is 6. The molecular formula is C20H24N4O2. The van der Waals surface area contributed by atoms with E-state index >= 15 is 0 Å². The summed E-state index contributed by atoms with van der Waals surface area (Å²) >= 11 is 0. The molecule has 6 heteroatoms. The van der Waals surface area contributed by atoms with Crippen molar-refractivity contribution in [2.75, 3.05) is 33.1 Å². The van der Waals surface area contributed by atoms with Gasteiger partial charge >= 0.3 is 0 Å². The molecule has 0 saturated heterocycles. The molecule has 136 valence electrons. The highest BCUT2D eigenvalue weighted by Crippen LogP contribution is 2.37. The Hall–Kier alpha value is -2.76. The van der Waals surface area contributed by atoms with Crippen LogP contribution < -0.4 is 14.8 Å². The third-order valence-electron chi connectivity index (χ3n) is 4.84. The summed E-state index contributed by atoms with van der Waals surface area (Å²) in [6.45, 7) is 1.79. The molecule has 1 aromatic heterocycles. The Kier molecular flexibility index (Phi) is 4.41. The molecule has 2 aliphatic rings. The number of nitrogens with one attached hydrogen (secondary N) is 1. The van der Waals surface area contributed by atoms with Gasteiger partial charge in [0, 0.05) is 31.3 Å². The van der Waals surface area contributed by atoms with E-state index in [2.05, 4.69) is 15.2 Å². The second-order valence-corrected chi connectivity index (χ2v) is 6.91. The Morgan fingerprint density at radius 2 is 1.96 bits per heavy atom. The van der Waals surface area contributed by atoms with E-state index in [0.717, 1.165) is 47.3 Å². The van der Waals surface area contributed by atoms with Crippen molar-refractivity contribution in [3.8, 4) is 22.8 Å². The highest BCUT2D eigenvalue weighted by atomic mass is 16.5. The van der Waals surface area contributed by atoms with Crippen molar-refractivity contribution in [1.82, 2.24) is 9.88 Å². The van der Waals surface area contributed by atoms with Crippen molar-refractivity contribution in [2.24, 2.45) is 10.9 Å². The fraction of sp³-hybridized carbons (Fsp3) is 0.400. The highest BCUT2D eigenvalue weighted by molar-refractivity contribution is 5.76. The summed E-state index contributed by atoms with van der Waals surface area (Å²) in [5, 5.41) is 3.55. The molecule has 1 aliphatic carbocycles. The van der Waals surface area contributed by atoms with Gasteiger partial charge in [0.2, 0.25) is 0 Å². The summed E-state index contributed by atoms with van der Waals surface area (Å²) in [4.78, 5) is 11.6. The molecular weight excluding hydrogens is 328 g/mol. The minimum Gasteiger partial charge on any atom is -0.493 e. The molecule has 1 N–H and O–H groups in total. The SMILES string of the molecule is COc1ccc(-c2cc3c(c(NCC4CC4)n2)CN(C)C=N3)cc1OC. The van der Waals surface area contributed by atoms with Crippen molar-refractivity contribution >= 4 is 17.8 Å². The maximum atomic E-state index is 5.44. The summed E-state index contributed by atoms with van der Waals surface area (Å²) in [5.41, 5.74) is 3.99. The van der Waals surface area contributed by atoms with E-state index < -0.39 is 0 Å². The second-order valence-electron chi connectivity index (χ2n) is 6.91. The van der Waals surface area contributed by atoms with Crippen LogP contribution in [-0.4, -0.2) is 44.0 Å². The summed E-state index contributed by atoms with van der Waals surface area (Å²) < 4.78 is 10.8. The third kappa shape index (κ3) is 3.31. The summed E-state index contributed by atoms with van der Waals surface area (Å²) in [5.74, 6) is 3.12. The monoisotopic (exact) mass is 352 g/mol. The van der Waals surface area contributed by atoms with Gasteiger partial charge in [-0.25, -0.2) is 9.98 Å². The average molecular weight is 352 g/mol. The van der Waals surface area contributed by atoms with Gasteiger partial charge in [0.05, 0.1) is 31.9 Å². The molecule has 6 nitrogen and oxygen atoms in total. The summed E-state index contributed by atoms with van der Waals surface area (Å²) in [6, 6.07) is 7.91. The number of ether oxygens (including phenoxy) is 2. The first kappa shape index (κ1) is 16.7. The van der Waals surface area contributed by atoms with Gasteiger partial charge in [-0.15, -0.1) is 0 Å². The molecule has 0 atom stereocenters. The van der Waals surface area contributed by atoms with Gasteiger partial charge in [-0.2, -0.15) is 0 Å². The number of nitrogens with zero attached hydrogens (tertiary/aromatic N) is 3. The van der Waals surface area contributed by atoms with E-state index in [-0.39, 0.29) is 0 Å². The molecule has 0 unspecified atom stereocenters. The molecule has 1 aromatic carbocycles. The number of aliphatic imine (C=N–C) groups is 1. The Morgan fingerprint density at radius 3 is 2.69 bits per heavy atom. The number of methoxy groups -OCH3 is 2. The first-order chi connectivity index (χ1) is 12.7. The first-order valence-corrected chi connectivity index (χ1v) is 8.92. The smallest absolute Gasteiger partial charge is 0.161 e. The van der Waals surface area contributed by atoms with Crippen LogP contribution in [0.3, 0.4) is 0 Å². The van der Waals surface area contributed by atoms with E-state index in [1.165, 1.54) is 12.8 Å². The van der Waals surface area contributed by atoms with Crippen molar-refractivity contribution < 1.29 is 9.47 Å². The standard InChI is InChI=1S/C20H24N4O2/c1-24-11-15-17(22-12-24)9-16(23-20(15)21-10-13-4-5-13)14-6-7-18(25-2)19(8-14)26-3/h6-9,12-13H,4-5,10-11H2,1-3H3,(H,21,23). The van der Waals surface area contributed by atoms with Crippen molar-refractivity contribution in [3.63, 3.8) is 0 Å². The predicted molar refractivity (Wildman–Crippen MR) is 104 cm³/mol. The van der Waals surface area contributed by atoms with Crippen LogP contribution in [0.2, 0.25) is 0 Å². The Balaban J connectivity index is 1.74. The number of hydrogen-bond donors (Lipinski definition) is 1. The zero-order valence-electron chi connectivity index (χ0n) is 15.5. The normalized spacial score (nSPS) is 15.6. The highest BCUT2D eigenvalue weighted by Gasteiger charge is 2.23. The molecule has 0 spiro atoms. The Morgan fingerprint density at radius 1 is 1.15 bits per heavy atom. The molecule has 0 amide bonds. The van der Waals surface area contributed by atoms with E-state index in [1.54, 1.807) is 14.2 Å². The van der Waals surface area contributed by atoms with Gasteiger partial charge in [-0.05, 0) is 43.0 Å². The summed E-state index contributed by atoms with van der Waals surface area (Å²) in [6.07, 6.45) is 4.48. The molecule has 0 bridgehead atoms. The zero-order valence-corrected chi connectivity index (χ0v) is 15.5. The lowest BCUT2D eigenvalue weighted by molar-refractivity contribution is 0.355. The lowest BCUT2D eigenvalue weighted by Crippen LogP contribution is -2.21. The van der Waals surface area contributed by atoms with E-state index in [1.807, 2.05) is 37.7 Å². The van der Waals surface area contributed by atoms with Gasteiger partial charge in [-0.1, -0.05) is 0 Å². The fourth-order valence-corrected chi connectivity index (χ4v) is 3.13. The number of pyridine rings is 1. The lowest BCUT2D eigenvalue weighted by Gasteiger charge is -2.23. The summed E-state index contributed by atoms with van der Waals surface area (Å²) in [7, 11) is 5.31. The van der Waals surface area contributed by atoms with Gasteiger partial charge < -0.3 is 19.7 Å². The van der Waals surface area contributed by atoms with Crippen LogP contribution in [-0.2, 0) is 6.54 Å². The van der Waals surface area contributed by atoms with Crippen LogP contribution in [0.15, 0.2) is 29.3 Å². The molecule has 2 aromatic rings. The topological polar surface area (TPSA) is 59.0 Å². The number of aromatic nitrogens is 1. The van der Waals surface area contributed by atoms with E-state index in [4.69, 9.17) is 14.5 Å². The molecule has 4 rings (SSSR count).